The van der Waals surface area contributed by atoms with Crippen molar-refractivity contribution in [1.82, 2.24) is 9.88 Å². The molecule has 0 unspecified atom stereocenters. The molecule has 1 aliphatic heterocycles. The summed E-state index contributed by atoms with van der Waals surface area (Å²) in [5, 5.41) is 15.6. The minimum absolute atomic E-state index is 0.0614. The molecule has 11 heteroatoms. The lowest BCUT2D eigenvalue weighted by atomic mass is 9.81. The van der Waals surface area contributed by atoms with E-state index in [1.807, 2.05) is 4.90 Å². The van der Waals surface area contributed by atoms with Crippen molar-refractivity contribution in [2.24, 2.45) is 11.8 Å². The molecule has 0 atom stereocenters. The van der Waals surface area contributed by atoms with E-state index < -0.39 is 11.9 Å². The summed E-state index contributed by atoms with van der Waals surface area (Å²) in [5.41, 5.74) is 0.996. The fourth-order valence-electron chi connectivity index (χ4n) is 5.36. The van der Waals surface area contributed by atoms with Crippen LogP contribution in [-0.2, 0) is 20.8 Å². The third-order valence-electron chi connectivity index (χ3n) is 7.40. The Hall–Kier alpha value is -3.92. The van der Waals surface area contributed by atoms with Gasteiger partial charge in [0.2, 0.25) is 17.6 Å². The van der Waals surface area contributed by atoms with E-state index in [2.05, 4.69) is 15.6 Å². The summed E-state index contributed by atoms with van der Waals surface area (Å²) >= 11 is 5.88. The molecule has 10 nitrogen and oxygen atoms in total. The topological polar surface area (TPSA) is 142 Å². The van der Waals surface area contributed by atoms with Crippen molar-refractivity contribution in [3.05, 3.63) is 52.9 Å². The first kappa shape index (κ1) is 26.7. The number of rotatable bonds is 7. The van der Waals surface area contributed by atoms with Gasteiger partial charge in [-0.3, -0.25) is 19.2 Å². The van der Waals surface area contributed by atoms with Gasteiger partial charge in [0.15, 0.2) is 0 Å². The predicted octanol–water partition coefficient (Wildman–Crippen LogP) is 4.73. The molecule has 3 heterocycles. The van der Waals surface area contributed by atoms with Crippen molar-refractivity contribution < 1.29 is 28.7 Å². The first-order valence-corrected chi connectivity index (χ1v) is 13.5. The standard InChI is InChI=1S/C28H29ClN4O6/c29-19-8-10-22(30-15-19)31-27(37)25-24(20-13-16(14-23(34)35)3-9-21(20)39-25)32-26(36)17-4-6-18(7-5-17)28(38)33-11-1-2-12-33/h3,8-10,13,15,17-18H,1-2,4-7,11-12,14H2,(H,32,36)(H,34,35)(H,30,31,37)/t17-,18-. The quantitative estimate of drug-likeness (QED) is 0.384. The maximum absolute atomic E-state index is 13.4. The monoisotopic (exact) mass is 552 g/mol. The van der Waals surface area contributed by atoms with E-state index in [1.165, 1.54) is 12.3 Å². The number of anilines is 2. The van der Waals surface area contributed by atoms with Crippen LogP contribution in [-0.4, -0.2) is 51.8 Å². The normalized spacial score (nSPS) is 19.2. The maximum Gasteiger partial charge on any atom is 0.307 e. The number of likely N-dealkylation sites (tertiary alicyclic amines) is 1. The molecule has 0 bridgehead atoms. The Morgan fingerprint density at radius 3 is 2.38 bits per heavy atom. The molecular weight excluding hydrogens is 524 g/mol. The fraction of sp³-hybridized carbons (Fsp3) is 0.393. The van der Waals surface area contributed by atoms with E-state index in [-0.39, 0.29) is 47.3 Å². The number of hydrogen-bond acceptors (Lipinski definition) is 6. The Morgan fingerprint density at radius 1 is 1.00 bits per heavy atom. The van der Waals surface area contributed by atoms with Crippen molar-refractivity contribution in [1.29, 1.82) is 0 Å². The first-order chi connectivity index (χ1) is 18.8. The van der Waals surface area contributed by atoms with Crippen LogP contribution in [0, 0.1) is 11.8 Å². The van der Waals surface area contributed by atoms with Crippen molar-refractivity contribution in [2.45, 2.75) is 44.9 Å². The van der Waals surface area contributed by atoms with Gasteiger partial charge in [-0.1, -0.05) is 17.7 Å². The van der Waals surface area contributed by atoms with Crippen molar-refractivity contribution in [3.63, 3.8) is 0 Å². The molecular formula is C28H29ClN4O6. The van der Waals surface area contributed by atoms with Gasteiger partial charge in [-0.05, 0) is 68.4 Å². The molecule has 0 radical (unpaired) electrons. The zero-order chi connectivity index (χ0) is 27.5. The van der Waals surface area contributed by atoms with Gasteiger partial charge >= 0.3 is 5.97 Å². The van der Waals surface area contributed by atoms with Crippen molar-refractivity contribution in [2.75, 3.05) is 23.7 Å². The number of pyridine rings is 1. The minimum Gasteiger partial charge on any atom is -0.481 e. The molecule has 2 aliphatic rings. The highest BCUT2D eigenvalue weighted by Gasteiger charge is 2.34. The van der Waals surface area contributed by atoms with Gasteiger partial charge < -0.3 is 25.1 Å². The second kappa shape index (κ2) is 11.4. The van der Waals surface area contributed by atoms with Gasteiger partial charge in [0.1, 0.15) is 17.1 Å². The van der Waals surface area contributed by atoms with Crippen LogP contribution in [0.5, 0.6) is 0 Å². The van der Waals surface area contributed by atoms with Gasteiger partial charge in [-0.15, -0.1) is 0 Å². The summed E-state index contributed by atoms with van der Waals surface area (Å²) in [6.07, 6.45) is 5.65. The molecule has 1 aliphatic carbocycles. The molecule has 5 rings (SSSR count). The number of carbonyl (C=O) groups excluding carboxylic acids is 3. The highest BCUT2D eigenvalue weighted by molar-refractivity contribution is 6.30. The molecule has 0 spiro atoms. The van der Waals surface area contributed by atoms with E-state index in [9.17, 15) is 24.3 Å². The Bertz CT molecular complexity index is 1410. The van der Waals surface area contributed by atoms with Crippen LogP contribution in [0.3, 0.4) is 0 Å². The number of fused-ring (bicyclic) bond motifs is 1. The smallest absolute Gasteiger partial charge is 0.307 e. The molecule has 1 saturated carbocycles. The average Bonchev–Trinajstić information content (AvgIpc) is 3.58. The molecule has 3 aromatic rings. The molecule has 39 heavy (non-hydrogen) atoms. The number of carboxylic acid groups (broad SMARTS) is 1. The number of carbonyl (C=O) groups is 4. The van der Waals surface area contributed by atoms with Crippen LogP contribution in [0.1, 0.15) is 54.6 Å². The molecule has 2 aromatic heterocycles. The van der Waals surface area contributed by atoms with Gasteiger partial charge in [-0.2, -0.15) is 0 Å². The summed E-state index contributed by atoms with van der Waals surface area (Å²) in [7, 11) is 0. The second-order valence-corrected chi connectivity index (χ2v) is 10.5. The molecule has 2 fully saturated rings. The number of nitrogens with zero attached hydrogens (tertiary/aromatic N) is 2. The van der Waals surface area contributed by atoms with E-state index in [4.69, 9.17) is 16.0 Å². The van der Waals surface area contributed by atoms with Crippen LogP contribution >= 0.6 is 11.6 Å². The SMILES string of the molecule is O=C(O)Cc1ccc2oc(C(=O)Nc3ccc(Cl)cn3)c(NC(=O)[C@H]3CC[C@H](C(=O)N4CCCC4)CC3)c2c1. The van der Waals surface area contributed by atoms with Crippen LogP contribution in [0.15, 0.2) is 40.9 Å². The lowest BCUT2D eigenvalue weighted by Gasteiger charge is -2.29. The highest BCUT2D eigenvalue weighted by atomic mass is 35.5. The second-order valence-electron chi connectivity index (χ2n) is 10.1. The number of nitrogens with one attached hydrogen (secondary N) is 2. The number of aliphatic carboxylic acids is 1. The largest absolute Gasteiger partial charge is 0.481 e. The summed E-state index contributed by atoms with van der Waals surface area (Å²) in [5.74, 6) is -1.98. The molecule has 1 aromatic carbocycles. The van der Waals surface area contributed by atoms with Gasteiger partial charge in [0, 0.05) is 36.5 Å². The van der Waals surface area contributed by atoms with Crippen LogP contribution in [0.25, 0.3) is 11.0 Å². The van der Waals surface area contributed by atoms with Crippen LogP contribution in [0.2, 0.25) is 5.02 Å². The van der Waals surface area contributed by atoms with E-state index in [0.29, 0.717) is 47.2 Å². The minimum atomic E-state index is -1.00. The lowest BCUT2D eigenvalue weighted by molar-refractivity contribution is -0.137. The van der Waals surface area contributed by atoms with E-state index in [1.54, 1.807) is 24.3 Å². The summed E-state index contributed by atoms with van der Waals surface area (Å²) in [4.78, 5) is 56.6. The lowest BCUT2D eigenvalue weighted by Crippen LogP contribution is -2.37. The van der Waals surface area contributed by atoms with Gasteiger partial charge in [-0.25, -0.2) is 4.98 Å². The Labute approximate surface area is 229 Å². The number of hydrogen-bond donors (Lipinski definition) is 3. The van der Waals surface area contributed by atoms with E-state index >= 15 is 0 Å². The molecule has 204 valence electrons. The fourth-order valence-corrected chi connectivity index (χ4v) is 5.47. The average molecular weight is 553 g/mol. The number of halogens is 1. The predicted molar refractivity (Wildman–Crippen MR) is 145 cm³/mol. The summed E-state index contributed by atoms with van der Waals surface area (Å²) < 4.78 is 5.83. The van der Waals surface area contributed by atoms with Crippen molar-refractivity contribution in [3.8, 4) is 0 Å². The molecule has 3 N–H and O–H groups in total. The Morgan fingerprint density at radius 2 is 1.72 bits per heavy atom. The summed E-state index contributed by atoms with van der Waals surface area (Å²) in [6.45, 7) is 1.63. The van der Waals surface area contributed by atoms with Gasteiger partial charge in [0.25, 0.3) is 5.91 Å². The van der Waals surface area contributed by atoms with Gasteiger partial charge in [0.05, 0.1) is 11.4 Å². The summed E-state index contributed by atoms with van der Waals surface area (Å²) in [6, 6.07) is 7.90. The number of amides is 3. The third-order valence-corrected chi connectivity index (χ3v) is 7.62. The zero-order valence-electron chi connectivity index (χ0n) is 21.2. The number of carboxylic acids is 1. The Balaban J connectivity index is 1.36. The molecule has 1 saturated heterocycles. The third kappa shape index (κ3) is 6.06. The Kier molecular flexibility index (Phi) is 7.83. The number of benzene rings is 1. The highest BCUT2D eigenvalue weighted by Crippen LogP contribution is 2.36. The zero-order valence-corrected chi connectivity index (χ0v) is 22.0. The van der Waals surface area contributed by atoms with E-state index in [0.717, 1.165) is 25.9 Å². The molecule has 3 amide bonds. The van der Waals surface area contributed by atoms with Crippen molar-refractivity contribution >= 4 is 57.8 Å². The maximum atomic E-state index is 13.4. The van der Waals surface area contributed by atoms with Crippen LogP contribution < -0.4 is 10.6 Å². The first-order valence-electron chi connectivity index (χ1n) is 13.1. The number of furan rings is 1. The number of aromatic nitrogens is 1. The van der Waals surface area contributed by atoms with Crippen LogP contribution in [0.4, 0.5) is 11.5 Å².